The molecule has 0 unspecified atom stereocenters. The number of benzene rings is 1. The SMILES string of the molecule is CCCCCNC(=O)N1CCN(c2ccc(Cl)cc2C(F)(F)F)CC1. The first-order valence-electron chi connectivity index (χ1n) is 8.47. The topological polar surface area (TPSA) is 35.6 Å². The highest BCUT2D eigenvalue weighted by Gasteiger charge is 2.36. The molecule has 2 amide bonds. The Bertz CT molecular complexity index is 587. The second kappa shape index (κ2) is 8.65. The van der Waals surface area contributed by atoms with Crippen LogP contribution in [0.2, 0.25) is 5.02 Å². The number of nitrogens with one attached hydrogen (secondary N) is 1. The van der Waals surface area contributed by atoms with Crippen molar-refractivity contribution in [3.8, 4) is 0 Å². The third-order valence-corrected chi connectivity index (χ3v) is 4.46. The number of carbonyl (C=O) groups is 1. The fraction of sp³-hybridized carbons (Fsp3) is 0.588. The van der Waals surface area contributed by atoms with Crippen LogP contribution in [-0.2, 0) is 6.18 Å². The average Bonchev–Trinajstić information content (AvgIpc) is 2.58. The normalized spacial score (nSPS) is 15.4. The van der Waals surface area contributed by atoms with Gasteiger partial charge in [-0.2, -0.15) is 13.2 Å². The smallest absolute Gasteiger partial charge is 0.367 e. The van der Waals surface area contributed by atoms with E-state index in [0.717, 1.165) is 25.3 Å². The zero-order chi connectivity index (χ0) is 18.4. The van der Waals surface area contributed by atoms with E-state index in [1.807, 2.05) is 0 Å². The zero-order valence-electron chi connectivity index (χ0n) is 14.2. The number of halogens is 4. The molecule has 0 aromatic heterocycles. The van der Waals surface area contributed by atoms with Gasteiger partial charge in [-0.1, -0.05) is 31.4 Å². The molecule has 140 valence electrons. The van der Waals surface area contributed by atoms with Gasteiger partial charge >= 0.3 is 12.2 Å². The van der Waals surface area contributed by atoms with Crippen molar-refractivity contribution in [2.45, 2.75) is 32.4 Å². The van der Waals surface area contributed by atoms with E-state index in [9.17, 15) is 18.0 Å². The Morgan fingerprint density at radius 1 is 1.20 bits per heavy atom. The van der Waals surface area contributed by atoms with Crippen molar-refractivity contribution in [2.24, 2.45) is 0 Å². The Balaban J connectivity index is 1.95. The first kappa shape index (κ1) is 19.7. The summed E-state index contributed by atoms with van der Waals surface area (Å²) in [7, 11) is 0. The molecule has 1 heterocycles. The van der Waals surface area contributed by atoms with Crippen molar-refractivity contribution in [1.29, 1.82) is 0 Å². The minimum atomic E-state index is -4.46. The van der Waals surface area contributed by atoms with Crippen LogP contribution >= 0.6 is 11.6 Å². The maximum Gasteiger partial charge on any atom is 0.418 e. The Labute approximate surface area is 150 Å². The Kier molecular flexibility index (Phi) is 6.81. The summed E-state index contributed by atoms with van der Waals surface area (Å²) in [5.41, 5.74) is -0.627. The minimum absolute atomic E-state index is 0.0566. The van der Waals surface area contributed by atoms with Gasteiger partial charge in [-0.3, -0.25) is 0 Å². The van der Waals surface area contributed by atoms with Crippen LogP contribution in [0.4, 0.5) is 23.7 Å². The van der Waals surface area contributed by atoms with E-state index in [2.05, 4.69) is 12.2 Å². The van der Waals surface area contributed by atoms with Crippen molar-refractivity contribution >= 4 is 23.3 Å². The molecule has 1 aromatic rings. The summed E-state index contributed by atoms with van der Waals surface area (Å²) in [5.74, 6) is 0. The summed E-state index contributed by atoms with van der Waals surface area (Å²) < 4.78 is 39.7. The van der Waals surface area contributed by atoms with E-state index in [0.29, 0.717) is 32.7 Å². The van der Waals surface area contributed by atoms with Gasteiger partial charge in [-0.25, -0.2) is 4.79 Å². The van der Waals surface area contributed by atoms with Crippen LogP contribution in [0.3, 0.4) is 0 Å². The van der Waals surface area contributed by atoms with Crippen molar-refractivity contribution in [1.82, 2.24) is 10.2 Å². The summed E-state index contributed by atoms with van der Waals surface area (Å²) in [5, 5.41) is 2.91. The van der Waals surface area contributed by atoms with Gasteiger partial charge < -0.3 is 15.1 Å². The second-order valence-corrected chi connectivity index (χ2v) is 6.51. The Morgan fingerprint density at radius 2 is 1.88 bits per heavy atom. The van der Waals surface area contributed by atoms with Crippen molar-refractivity contribution < 1.29 is 18.0 Å². The van der Waals surface area contributed by atoms with Gasteiger partial charge in [0.25, 0.3) is 0 Å². The molecule has 1 saturated heterocycles. The van der Waals surface area contributed by atoms with Crippen LogP contribution in [0.25, 0.3) is 0 Å². The van der Waals surface area contributed by atoms with Crippen LogP contribution in [-0.4, -0.2) is 43.7 Å². The van der Waals surface area contributed by atoms with E-state index in [1.165, 1.54) is 12.1 Å². The number of alkyl halides is 3. The lowest BCUT2D eigenvalue weighted by atomic mass is 10.1. The van der Waals surface area contributed by atoms with Gasteiger partial charge in [0.2, 0.25) is 0 Å². The first-order chi connectivity index (χ1) is 11.8. The third-order valence-electron chi connectivity index (χ3n) is 4.23. The molecule has 25 heavy (non-hydrogen) atoms. The maximum atomic E-state index is 13.2. The highest BCUT2D eigenvalue weighted by molar-refractivity contribution is 6.30. The molecular formula is C17H23ClF3N3O. The number of unbranched alkanes of at least 4 members (excludes halogenated alkanes) is 2. The van der Waals surface area contributed by atoms with Crippen LogP contribution in [0.1, 0.15) is 31.7 Å². The summed E-state index contributed by atoms with van der Waals surface area (Å²) >= 11 is 5.72. The minimum Gasteiger partial charge on any atom is -0.367 e. The fourth-order valence-electron chi connectivity index (χ4n) is 2.84. The number of hydrogen-bond acceptors (Lipinski definition) is 2. The number of amides is 2. The molecule has 1 aliphatic rings. The van der Waals surface area contributed by atoms with E-state index < -0.39 is 11.7 Å². The molecule has 8 heteroatoms. The second-order valence-electron chi connectivity index (χ2n) is 6.07. The van der Waals surface area contributed by atoms with E-state index >= 15 is 0 Å². The van der Waals surface area contributed by atoms with Crippen LogP contribution in [0.5, 0.6) is 0 Å². The van der Waals surface area contributed by atoms with Gasteiger partial charge in [-0.05, 0) is 24.6 Å². The summed E-state index contributed by atoms with van der Waals surface area (Å²) in [6, 6.07) is 3.65. The molecule has 0 aliphatic carbocycles. The van der Waals surface area contributed by atoms with Crippen LogP contribution in [0, 0.1) is 0 Å². The molecule has 0 radical (unpaired) electrons. The lowest BCUT2D eigenvalue weighted by Crippen LogP contribution is -2.52. The fourth-order valence-corrected chi connectivity index (χ4v) is 3.02. The zero-order valence-corrected chi connectivity index (χ0v) is 15.0. The molecule has 0 atom stereocenters. The van der Waals surface area contributed by atoms with Crippen molar-refractivity contribution in [2.75, 3.05) is 37.6 Å². The van der Waals surface area contributed by atoms with Crippen LogP contribution < -0.4 is 10.2 Å². The predicted octanol–water partition coefficient (Wildman–Crippen LogP) is 4.38. The number of urea groups is 1. The molecule has 1 N–H and O–H groups in total. The molecule has 1 fully saturated rings. The molecule has 4 nitrogen and oxygen atoms in total. The molecule has 2 rings (SSSR count). The van der Waals surface area contributed by atoms with E-state index in [1.54, 1.807) is 9.80 Å². The Morgan fingerprint density at radius 3 is 2.48 bits per heavy atom. The third kappa shape index (κ3) is 5.42. The highest BCUT2D eigenvalue weighted by Crippen LogP contribution is 2.38. The Hall–Kier alpha value is -1.63. The lowest BCUT2D eigenvalue weighted by Gasteiger charge is -2.37. The largest absolute Gasteiger partial charge is 0.418 e. The van der Waals surface area contributed by atoms with E-state index in [-0.39, 0.29) is 16.7 Å². The summed E-state index contributed by atoms with van der Waals surface area (Å²) in [6.07, 6.45) is -1.39. The van der Waals surface area contributed by atoms with Gasteiger partial charge in [0.05, 0.1) is 5.56 Å². The van der Waals surface area contributed by atoms with Gasteiger partial charge in [0.1, 0.15) is 0 Å². The quantitative estimate of drug-likeness (QED) is 0.773. The lowest BCUT2D eigenvalue weighted by molar-refractivity contribution is -0.137. The number of carbonyl (C=O) groups excluding carboxylic acids is 1. The van der Waals surface area contributed by atoms with Crippen molar-refractivity contribution in [3.05, 3.63) is 28.8 Å². The number of anilines is 1. The van der Waals surface area contributed by atoms with Gasteiger partial charge in [0.15, 0.2) is 0 Å². The monoisotopic (exact) mass is 377 g/mol. The number of nitrogens with zero attached hydrogens (tertiary/aromatic N) is 2. The standard InChI is InChI=1S/C17H23ClF3N3O/c1-2-3-4-7-22-16(25)24-10-8-23(9-11-24)15-6-5-13(18)12-14(15)17(19,20)21/h5-6,12H,2-4,7-11H2,1H3,(H,22,25). The molecule has 1 aromatic carbocycles. The molecule has 0 spiro atoms. The number of rotatable bonds is 5. The number of piperazine rings is 1. The highest BCUT2D eigenvalue weighted by atomic mass is 35.5. The predicted molar refractivity (Wildman–Crippen MR) is 93.2 cm³/mol. The molecule has 0 saturated carbocycles. The van der Waals surface area contributed by atoms with Gasteiger partial charge in [0, 0.05) is 43.4 Å². The number of hydrogen-bond donors (Lipinski definition) is 1. The maximum absolute atomic E-state index is 13.2. The molecular weight excluding hydrogens is 355 g/mol. The van der Waals surface area contributed by atoms with E-state index in [4.69, 9.17) is 11.6 Å². The molecule has 1 aliphatic heterocycles. The summed E-state index contributed by atoms with van der Waals surface area (Å²) in [4.78, 5) is 15.4. The summed E-state index contributed by atoms with van der Waals surface area (Å²) in [6.45, 7) is 4.20. The van der Waals surface area contributed by atoms with Crippen molar-refractivity contribution in [3.63, 3.8) is 0 Å². The van der Waals surface area contributed by atoms with Gasteiger partial charge in [-0.15, -0.1) is 0 Å². The van der Waals surface area contributed by atoms with Crippen LogP contribution in [0.15, 0.2) is 18.2 Å². The average molecular weight is 378 g/mol. The first-order valence-corrected chi connectivity index (χ1v) is 8.85. The molecule has 0 bridgehead atoms.